The molecule has 126 valence electrons. The van der Waals surface area contributed by atoms with Crippen LogP contribution in [0.5, 0.6) is 5.75 Å². The van der Waals surface area contributed by atoms with Crippen LogP contribution in [0.15, 0.2) is 54.6 Å². The zero-order chi connectivity index (χ0) is 17.4. The van der Waals surface area contributed by atoms with Gasteiger partial charge in [-0.05, 0) is 36.8 Å². The third-order valence-corrected chi connectivity index (χ3v) is 3.44. The van der Waals surface area contributed by atoms with Crippen LogP contribution < -0.4 is 10.1 Å². The van der Waals surface area contributed by atoms with Gasteiger partial charge in [0, 0.05) is 11.6 Å². The average molecular weight is 327 g/mol. The minimum atomic E-state index is -0.351. The number of nitrogens with one attached hydrogen (secondary N) is 1. The lowest BCUT2D eigenvalue weighted by Crippen LogP contribution is -2.34. The number of rotatable bonds is 7. The Morgan fingerprint density at radius 2 is 1.71 bits per heavy atom. The van der Waals surface area contributed by atoms with E-state index in [1.807, 2.05) is 42.5 Å². The first-order valence-corrected chi connectivity index (χ1v) is 7.73. The monoisotopic (exact) mass is 327 g/mol. The normalized spacial score (nSPS) is 11.4. The second-order valence-corrected chi connectivity index (χ2v) is 5.45. The Kier molecular flexibility index (Phi) is 6.37. The first-order chi connectivity index (χ1) is 11.6. The van der Waals surface area contributed by atoms with Gasteiger partial charge in [0.2, 0.25) is 0 Å². The van der Waals surface area contributed by atoms with Gasteiger partial charge in [-0.3, -0.25) is 9.59 Å². The summed E-state index contributed by atoms with van der Waals surface area (Å²) in [7, 11) is 1.33. The molecule has 0 aliphatic rings. The van der Waals surface area contributed by atoms with Crippen molar-refractivity contribution in [3.05, 3.63) is 65.7 Å². The van der Waals surface area contributed by atoms with E-state index in [1.54, 1.807) is 19.1 Å². The number of ether oxygens (including phenoxy) is 2. The molecule has 0 aromatic heterocycles. The predicted octanol–water partition coefficient (Wildman–Crippen LogP) is 2.95. The van der Waals surface area contributed by atoms with Gasteiger partial charge in [-0.25, -0.2) is 0 Å². The number of para-hydroxylation sites is 1. The topological polar surface area (TPSA) is 64.6 Å². The van der Waals surface area contributed by atoms with E-state index in [0.717, 1.165) is 11.3 Å². The number of carbonyl (C=O) groups is 2. The van der Waals surface area contributed by atoms with Gasteiger partial charge in [0.15, 0.2) is 0 Å². The van der Waals surface area contributed by atoms with Gasteiger partial charge in [-0.2, -0.15) is 0 Å². The fraction of sp³-hybridized carbons (Fsp3) is 0.263. The first kappa shape index (κ1) is 17.5. The number of hydrogen-bond donors (Lipinski definition) is 1. The van der Waals surface area contributed by atoms with Gasteiger partial charge in [0.05, 0.1) is 13.5 Å². The minimum Gasteiger partial charge on any atom is -0.489 e. The van der Waals surface area contributed by atoms with Gasteiger partial charge >= 0.3 is 5.97 Å². The summed E-state index contributed by atoms with van der Waals surface area (Å²) in [5, 5.41) is 2.77. The van der Waals surface area contributed by atoms with Crippen molar-refractivity contribution < 1.29 is 19.1 Å². The van der Waals surface area contributed by atoms with E-state index >= 15 is 0 Å². The van der Waals surface area contributed by atoms with E-state index in [4.69, 9.17) is 4.74 Å². The molecule has 0 saturated heterocycles. The molecule has 0 heterocycles. The fourth-order valence-electron chi connectivity index (χ4n) is 2.13. The van der Waals surface area contributed by atoms with Gasteiger partial charge in [-0.1, -0.05) is 30.3 Å². The maximum Gasteiger partial charge on any atom is 0.307 e. The van der Waals surface area contributed by atoms with Gasteiger partial charge in [0.1, 0.15) is 12.4 Å². The van der Waals surface area contributed by atoms with Gasteiger partial charge in [-0.15, -0.1) is 0 Å². The molecule has 5 heteroatoms. The molecule has 2 aromatic carbocycles. The van der Waals surface area contributed by atoms with Crippen LogP contribution in [0.4, 0.5) is 0 Å². The third-order valence-electron chi connectivity index (χ3n) is 3.44. The molecule has 0 fully saturated rings. The number of esters is 1. The van der Waals surface area contributed by atoms with E-state index in [9.17, 15) is 9.59 Å². The van der Waals surface area contributed by atoms with Crippen molar-refractivity contribution in [2.45, 2.75) is 26.0 Å². The smallest absolute Gasteiger partial charge is 0.307 e. The number of benzene rings is 2. The second-order valence-electron chi connectivity index (χ2n) is 5.45. The van der Waals surface area contributed by atoms with Crippen molar-refractivity contribution in [2.75, 3.05) is 7.11 Å². The molecule has 2 rings (SSSR count). The highest BCUT2D eigenvalue weighted by molar-refractivity contribution is 5.94. The van der Waals surface area contributed by atoms with Crippen molar-refractivity contribution in [1.82, 2.24) is 5.32 Å². The third kappa shape index (κ3) is 5.43. The number of carbonyl (C=O) groups excluding carboxylic acids is 2. The summed E-state index contributed by atoms with van der Waals surface area (Å²) in [6.45, 7) is 2.20. The fourth-order valence-corrected chi connectivity index (χ4v) is 2.13. The SMILES string of the molecule is COC(=O)CC(C)NC(=O)c1ccc(COc2ccccc2)cc1. The molecular weight excluding hydrogens is 306 g/mol. The number of amides is 1. The molecule has 0 aliphatic carbocycles. The molecule has 1 unspecified atom stereocenters. The molecule has 1 atom stereocenters. The quantitative estimate of drug-likeness (QED) is 0.794. The van der Waals surface area contributed by atoms with E-state index in [0.29, 0.717) is 12.2 Å². The standard InChI is InChI=1S/C19H21NO4/c1-14(12-18(21)23-2)20-19(22)16-10-8-15(9-11-16)13-24-17-6-4-3-5-7-17/h3-11,14H,12-13H2,1-2H3,(H,20,22). The molecule has 0 radical (unpaired) electrons. The zero-order valence-corrected chi connectivity index (χ0v) is 13.8. The van der Waals surface area contributed by atoms with Crippen LogP contribution in [0.1, 0.15) is 29.3 Å². The molecule has 2 aromatic rings. The summed E-state index contributed by atoms with van der Waals surface area (Å²) in [6.07, 6.45) is 0.144. The van der Waals surface area contributed by atoms with Crippen molar-refractivity contribution in [2.24, 2.45) is 0 Å². The van der Waals surface area contributed by atoms with Crippen LogP contribution in [-0.4, -0.2) is 25.0 Å². The van der Waals surface area contributed by atoms with Crippen LogP contribution in [0.2, 0.25) is 0 Å². The molecule has 5 nitrogen and oxygen atoms in total. The molecule has 1 N–H and O–H groups in total. The molecule has 24 heavy (non-hydrogen) atoms. The second kappa shape index (κ2) is 8.72. The Balaban J connectivity index is 1.86. The van der Waals surface area contributed by atoms with Crippen LogP contribution in [0.25, 0.3) is 0 Å². The summed E-state index contributed by atoms with van der Waals surface area (Å²) in [5.41, 5.74) is 1.51. The minimum absolute atomic E-state index is 0.144. The van der Waals surface area contributed by atoms with Crippen molar-refractivity contribution in [1.29, 1.82) is 0 Å². The Labute approximate surface area is 141 Å². The zero-order valence-electron chi connectivity index (χ0n) is 13.8. The maximum atomic E-state index is 12.1. The number of methoxy groups -OCH3 is 1. The lowest BCUT2D eigenvalue weighted by molar-refractivity contribution is -0.141. The van der Waals surface area contributed by atoms with E-state index in [1.165, 1.54) is 7.11 Å². The molecule has 0 aliphatic heterocycles. The molecule has 0 saturated carbocycles. The number of hydrogen-bond acceptors (Lipinski definition) is 4. The molecular formula is C19H21NO4. The highest BCUT2D eigenvalue weighted by atomic mass is 16.5. The Hall–Kier alpha value is -2.82. The van der Waals surface area contributed by atoms with E-state index in [-0.39, 0.29) is 24.3 Å². The highest BCUT2D eigenvalue weighted by Gasteiger charge is 2.13. The summed E-state index contributed by atoms with van der Waals surface area (Å²) < 4.78 is 10.2. The summed E-state index contributed by atoms with van der Waals surface area (Å²) in [4.78, 5) is 23.3. The molecule has 0 bridgehead atoms. The Bertz CT molecular complexity index is 668. The summed E-state index contributed by atoms with van der Waals surface area (Å²) >= 11 is 0. The Morgan fingerprint density at radius 3 is 2.33 bits per heavy atom. The Morgan fingerprint density at radius 1 is 1.04 bits per heavy atom. The summed E-state index contributed by atoms with van der Waals surface area (Å²) in [6, 6.07) is 16.4. The molecule has 0 spiro atoms. The van der Waals surface area contributed by atoms with Crippen molar-refractivity contribution in [3.63, 3.8) is 0 Å². The van der Waals surface area contributed by atoms with E-state index in [2.05, 4.69) is 10.1 Å². The summed E-state index contributed by atoms with van der Waals surface area (Å²) in [5.74, 6) is 0.231. The lowest BCUT2D eigenvalue weighted by atomic mass is 10.1. The lowest BCUT2D eigenvalue weighted by Gasteiger charge is -2.13. The van der Waals surface area contributed by atoms with Crippen molar-refractivity contribution in [3.8, 4) is 5.75 Å². The molecule has 1 amide bonds. The maximum absolute atomic E-state index is 12.1. The van der Waals surface area contributed by atoms with E-state index < -0.39 is 0 Å². The van der Waals surface area contributed by atoms with Crippen LogP contribution in [0, 0.1) is 0 Å². The van der Waals surface area contributed by atoms with Crippen LogP contribution in [-0.2, 0) is 16.1 Å². The largest absolute Gasteiger partial charge is 0.489 e. The predicted molar refractivity (Wildman–Crippen MR) is 90.8 cm³/mol. The first-order valence-electron chi connectivity index (χ1n) is 7.73. The van der Waals surface area contributed by atoms with Crippen molar-refractivity contribution >= 4 is 11.9 Å². The van der Waals surface area contributed by atoms with Gasteiger partial charge < -0.3 is 14.8 Å². The average Bonchev–Trinajstić information content (AvgIpc) is 2.61. The van der Waals surface area contributed by atoms with Crippen LogP contribution >= 0.6 is 0 Å². The van der Waals surface area contributed by atoms with Crippen LogP contribution in [0.3, 0.4) is 0 Å². The highest BCUT2D eigenvalue weighted by Crippen LogP contribution is 2.12. The van der Waals surface area contributed by atoms with Gasteiger partial charge in [0.25, 0.3) is 5.91 Å².